The summed E-state index contributed by atoms with van der Waals surface area (Å²) < 4.78 is 53.1. The fourth-order valence-electron chi connectivity index (χ4n) is 3.27. The molecule has 1 aliphatic rings. The fourth-order valence-corrected chi connectivity index (χ4v) is 3.27. The van der Waals surface area contributed by atoms with Crippen LogP contribution in [0.3, 0.4) is 0 Å². The number of nitrogens with zero attached hydrogens (tertiary/aromatic N) is 4. The van der Waals surface area contributed by atoms with Gasteiger partial charge in [-0.1, -0.05) is 26.0 Å². The van der Waals surface area contributed by atoms with Crippen LogP contribution >= 0.6 is 0 Å². The molecule has 0 amide bonds. The average Bonchev–Trinajstić information content (AvgIpc) is 3.34. The molecule has 0 radical (unpaired) electrons. The predicted octanol–water partition coefficient (Wildman–Crippen LogP) is 3.77. The molecule has 1 aliphatic heterocycles. The van der Waals surface area contributed by atoms with Gasteiger partial charge in [0.1, 0.15) is 11.3 Å². The summed E-state index contributed by atoms with van der Waals surface area (Å²) in [6, 6.07) is 5.01. The Labute approximate surface area is 174 Å². The number of alkyl halides is 3. The highest BCUT2D eigenvalue weighted by Gasteiger charge is 2.38. The standard InChI is InChI=1S/C17H20FN5O.C2HF3O2/c1-10(2)14-12-4-3-5-13(18)15(12)23(21-14)17-20-16(24-22-17)11-6-8-19-9-7-11;3-2(4,5)1(6)7/h3-5,10-11,19H,6-9H2,1-2H3;(H,6,7). The molecule has 1 aromatic carbocycles. The van der Waals surface area contributed by atoms with E-state index in [4.69, 9.17) is 14.4 Å². The Bertz CT molecular complexity index is 1050. The molecule has 12 heteroatoms. The van der Waals surface area contributed by atoms with Gasteiger partial charge in [-0.05, 0) is 43.1 Å². The molecule has 3 aromatic rings. The van der Waals surface area contributed by atoms with Gasteiger partial charge in [0.15, 0.2) is 0 Å². The summed E-state index contributed by atoms with van der Waals surface area (Å²) in [5.41, 5.74) is 1.23. The minimum absolute atomic E-state index is 0.173. The molecule has 4 rings (SSSR count). The van der Waals surface area contributed by atoms with Gasteiger partial charge in [0.05, 0.1) is 5.69 Å². The zero-order chi connectivity index (χ0) is 22.8. The van der Waals surface area contributed by atoms with Crippen molar-refractivity contribution in [1.82, 2.24) is 25.2 Å². The number of carboxylic acids is 1. The van der Waals surface area contributed by atoms with Crippen molar-refractivity contribution in [2.75, 3.05) is 13.1 Å². The minimum Gasteiger partial charge on any atom is -0.475 e. The molecule has 0 spiro atoms. The fraction of sp³-hybridized carbons (Fsp3) is 0.474. The minimum atomic E-state index is -5.08. The van der Waals surface area contributed by atoms with Crippen molar-refractivity contribution in [3.63, 3.8) is 0 Å². The number of rotatable bonds is 3. The van der Waals surface area contributed by atoms with Crippen molar-refractivity contribution in [3.8, 4) is 5.95 Å². The topological polar surface area (TPSA) is 106 Å². The van der Waals surface area contributed by atoms with Crippen LogP contribution in [0.5, 0.6) is 0 Å². The molecule has 1 saturated heterocycles. The first-order valence-electron chi connectivity index (χ1n) is 9.61. The van der Waals surface area contributed by atoms with E-state index in [-0.39, 0.29) is 17.7 Å². The number of halogens is 4. The number of fused-ring (bicyclic) bond motifs is 1. The Kier molecular flexibility index (Phi) is 6.58. The zero-order valence-corrected chi connectivity index (χ0v) is 16.8. The molecule has 168 valence electrons. The second kappa shape index (κ2) is 9.00. The van der Waals surface area contributed by atoms with Crippen molar-refractivity contribution >= 4 is 16.9 Å². The Morgan fingerprint density at radius 2 is 1.94 bits per heavy atom. The van der Waals surface area contributed by atoms with E-state index < -0.39 is 12.1 Å². The van der Waals surface area contributed by atoms with Crippen LogP contribution in [0.2, 0.25) is 0 Å². The third-order valence-corrected chi connectivity index (χ3v) is 4.78. The number of nitrogens with one attached hydrogen (secondary N) is 1. The van der Waals surface area contributed by atoms with E-state index in [9.17, 15) is 17.6 Å². The van der Waals surface area contributed by atoms with E-state index in [0.29, 0.717) is 17.4 Å². The summed E-state index contributed by atoms with van der Waals surface area (Å²) in [7, 11) is 0. The predicted molar refractivity (Wildman–Crippen MR) is 102 cm³/mol. The molecular weight excluding hydrogens is 422 g/mol. The van der Waals surface area contributed by atoms with Crippen LogP contribution in [0.1, 0.15) is 50.1 Å². The van der Waals surface area contributed by atoms with E-state index in [1.165, 1.54) is 10.7 Å². The van der Waals surface area contributed by atoms with E-state index in [1.807, 2.05) is 19.9 Å². The molecule has 2 aromatic heterocycles. The van der Waals surface area contributed by atoms with Gasteiger partial charge in [-0.3, -0.25) is 0 Å². The maximum Gasteiger partial charge on any atom is 0.490 e. The van der Waals surface area contributed by atoms with Crippen molar-refractivity contribution in [2.45, 2.75) is 44.7 Å². The average molecular weight is 443 g/mol. The highest BCUT2D eigenvalue weighted by molar-refractivity contribution is 5.84. The highest BCUT2D eigenvalue weighted by Crippen LogP contribution is 2.29. The number of aromatic nitrogens is 4. The van der Waals surface area contributed by atoms with Crippen molar-refractivity contribution in [2.24, 2.45) is 0 Å². The Hall–Kier alpha value is -3.02. The van der Waals surface area contributed by atoms with E-state index in [0.717, 1.165) is 37.0 Å². The van der Waals surface area contributed by atoms with Crippen molar-refractivity contribution in [1.29, 1.82) is 0 Å². The first kappa shape index (κ1) is 22.7. The van der Waals surface area contributed by atoms with Crippen LogP contribution in [0.25, 0.3) is 16.9 Å². The number of carboxylic acid groups (broad SMARTS) is 1. The van der Waals surface area contributed by atoms with E-state index in [1.54, 1.807) is 6.07 Å². The van der Waals surface area contributed by atoms with Gasteiger partial charge in [0, 0.05) is 11.3 Å². The Morgan fingerprint density at radius 1 is 1.29 bits per heavy atom. The number of piperidine rings is 1. The third-order valence-electron chi connectivity index (χ3n) is 4.78. The molecule has 0 bridgehead atoms. The van der Waals surface area contributed by atoms with Gasteiger partial charge in [-0.25, -0.2) is 9.18 Å². The van der Waals surface area contributed by atoms with Crippen molar-refractivity contribution in [3.05, 3.63) is 35.6 Å². The van der Waals surface area contributed by atoms with Gasteiger partial charge >= 0.3 is 12.1 Å². The van der Waals surface area contributed by atoms with Crippen LogP contribution in [0.15, 0.2) is 22.7 Å². The molecule has 2 N–H and O–H groups in total. The first-order chi connectivity index (χ1) is 14.6. The number of carbonyl (C=O) groups is 1. The molecular formula is C19H21F4N5O3. The van der Waals surface area contributed by atoms with Gasteiger partial charge in [-0.2, -0.15) is 27.9 Å². The zero-order valence-electron chi connectivity index (χ0n) is 16.8. The molecule has 0 unspecified atom stereocenters. The summed E-state index contributed by atoms with van der Waals surface area (Å²) >= 11 is 0. The second-order valence-corrected chi connectivity index (χ2v) is 7.35. The van der Waals surface area contributed by atoms with Crippen LogP contribution in [-0.2, 0) is 4.79 Å². The maximum atomic E-state index is 14.4. The van der Waals surface area contributed by atoms with Crippen LogP contribution in [-0.4, -0.2) is 50.3 Å². The normalized spacial score (nSPS) is 15.2. The molecule has 0 saturated carbocycles. The third kappa shape index (κ3) is 5.01. The van der Waals surface area contributed by atoms with Crippen molar-refractivity contribution < 1.29 is 32.0 Å². The SMILES string of the molecule is CC(C)c1nn(-c2noc(C3CCNCC3)n2)c2c(F)cccc12.O=C(O)C(F)(F)F. The lowest BCUT2D eigenvalue weighted by atomic mass is 9.98. The maximum absolute atomic E-state index is 14.4. The summed E-state index contributed by atoms with van der Waals surface area (Å²) in [5.74, 6) is -1.76. The molecule has 8 nitrogen and oxygen atoms in total. The number of benzene rings is 1. The summed E-state index contributed by atoms with van der Waals surface area (Å²) in [6.45, 7) is 5.96. The molecule has 1 fully saturated rings. The van der Waals surface area contributed by atoms with Crippen LogP contribution < -0.4 is 5.32 Å². The van der Waals surface area contributed by atoms with Gasteiger partial charge < -0.3 is 14.9 Å². The van der Waals surface area contributed by atoms with E-state index >= 15 is 0 Å². The van der Waals surface area contributed by atoms with Gasteiger partial charge in [0.2, 0.25) is 5.89 Å². The molecule has 0 aliphatic carbocycles. The first-order valence-corrected chi connectivity index (χ1v) is 9.61. The summed E-state index contributed by atoms with van der Waals surface area (Å²) in [4.78, 5) is 13.4. The monoisotopic (exact) mass is 443 g/mol. The lowest BCUT2D eigenvalue weighted by Gasteiger charge is -2.18. The largest absolute Gasteiger partial charge is 0.490 e. The summed E-state index contributed by atoms with van der Waals surface area (Å²) in [6.07, 6.45) is -3.15. The molecule has 3 heterocycles. The Morgan fingerprint density at radius 3 is 2.52 bits per heavy atom. The smallest absolute Gasteiger partial charge is 0.475 e. The van der Waals surface area contributed by atoms with Gasteiger partial charge in [0.25, 0.3) is 5.95 Å². The molecule has 0 atom stereocenters. The number of aliphatic carboxylic acids is 1. The number of hydrogen-bond acceptors (Lipinski definition) is 6. The quantitative estimate of drug-likeness (QED) is 0.594. The number of hydrogen-bond donors (Lipinski definition) is 2. The van der Waals surface area contributed by atoms with E-state index in [2.05, 4.69) is 20.6 Å². The Balaban J connectivity index is 0.000000339. The molecule has 31 heavy (non-hydrogen) atoms. The second-order valence-electron chi connectivity index (χ2n) is 7.35. The summed E-state index contributed by atoms with van der Waals surface area (Å²) in [5, 5.41) is 19.8. The number of para-hydroxylation sites is 1. The lowest BCUT2D eigenvalue weighted by molar-refractivity contribution is -0.192. The van der Waals surface area contributed by atoms with Crippen LogP contribution in [0, 0.1) is 5.82 Å². The van der Waals surface area contributed by atoms with Crippen LogP contribution in [0.4, 0.5) is 17.6 Å². The lowest BCUT2D eigenvalue weighted by Crippen LogP contribution is -2.26. The van der Waals surface area contributed by atoms with Gasteiger partial charge in [-0.15, -0.1) is 0 Å². The highest BCUT2D eigenvalue weighted by atomic mass is 19.4.